The molecule has 0 spiro atoms. The highest BCUT2D eigenvalue weighted by atomic mass is 32.2. The van der Waals surface area contributed by atoms with Crippen LogP contribution in [0.5, 0.6) is 0 Å². The van der Waals surface area contributed by atoms with E-state index < -0.39 is 30.5 Å². The smallest absolute Gasteiger partial charge is 0.208 e. The molecule has 0 aliphatic rings. The summed E-state index contributed by atoms with van der Waals surface area (Å²) in [5, 5.41) is 0. The van der Waals surface area contributed by atoms with E-state index in [9.17, 15) is 16.8 Å². The third kappa shape index (κ3) is 4.55. The lowest BCUT2D eigenvalue weighted by atomic mass is 10.2. The Bertz CT molecular complexity index is 933. The van der Waals surface area contributed by atoms with E-state index in [1.54, 1.807) is 24.3 Å². The van der Waals surface area contributed by atoms with Gasteiger partial charge in [-0.05, 0) is 50.3 Å². The predicted octanol–water partition coefficient (Wildman–Crippen LogP) is 3.59. The van der Waals surface area contributed by atoms with Gasteiger partial charge in [0.05, 0.1) is 9.79 Å². The molecule has 0 heterocycles. The minimum absolute atomic E-state index is 0.0218. The lowest BCUT2D eigenvalue weighted by Crippen LogP contribution is -2.32. The number of ether oxygens (including phenoxy) is 1. The number of hydrogen-bond acceptors (Lipinski definition) is 5. The van der Waals surface area contributed by atoms with Gasteiger partial charge in [-0.2, -0.15) is 0 Å². The van der Waals surface area contributed by atoms with Crippen molar-refractivity contribution in [3.63, 3.8) is 0 Å². The van der Waals surface area contributed by atoms with Gasteiger partial charge in [0.25, 0.3) is 0 Å². The quantitative estimate of drug-likeness (QED) is 0.626. The zero-order valence-corrected chi connectivity index (χ0v) is 16.8. The summed E-state index contributed by atoms with van der Waals surface area (Å²) >= 11 is 0. The van der Waals surface area contributed by atoms with Crippen molar-refractivity contribution < 1.29 is 21.6 Å². The Labute approximate surface area is 160 Å². The lowest BCUT2D eigenvalue weighted by Gasteiger charge is -2.21. The van der Waals surface area contributed by atoms with Crippen LogP contribution in [-0.2, 0) is 24.4 Å². The summed E-state index contributed by atoms with van der Waals surface area (Å²) < 4.78 is 56.7. The fourth-order valence-corrected chi connectivity index (χ4v) is 5.04. The number of sulfone groups is 2. The second-order valence-electron chi connectivity index (χ2n) is 6.06. The third-order valence-corrected chi connectivity index (χ3v) is 7.65. The Balaban J connectivity index is 2.37. The average molecular weight is 407 g/mol. The van der Waals surface area contributed by atoms with E-state index in [0.29, 0.717) is 0 Å². The van der Waals surface area contributed by atoms with Crippen molar-refractivity contribution in [1.82, 2.24) is 0 Å². The molecule has 2 aromatic rings. The molecule has 0 N–H and O–H groups in total. The maximum Gasteiger partial charge on any atom is 0.208 e. The molecule has 144 valence electrons. The van der Waals surface area contributed by atoms with Crippen molar-refractivity contribution >= 4 is 19.7 Å². The minimum atomic E-state index is -3.97. The summed E-state index contributed by atoms with van der Waals surface area (Å²) in [6.07, 6.45) is 2.13. The topological polar surface area (TPSA) is 77.5 Å². The van der Waals surface area contributed by atoms with Gasteiger partial charge in [-0.15, -0.1) is 0 Å². The van der Waals surface area contributed by atoms with Crippen molar-refractivity contribution in [2.75, 3.05) is 0 Å². The largest absolute Gasteiger partial charge is 0.334 e. The number of hydrogen-bond donors (Lipinski definition) is 0. The highest BCUT2D eigenvalue weighted by molar-refractivity contribution is 7.93. The van der Waals surface area contributed by atoms with Gasteiger partial charge in [0.2, 0.25) is 19.7 Å². The van der Waals surface area contributed by atoms with Crippen LogP contribution in [0, 0.1) is 13.8 Å². The molecule has 2 atom stereocenters. The van der Waals surface area contributed by atoms with Crippen molar-refractivity contribution in [2.24, 2.45) is 0 Å². The van der Waals surface area contributed by atoms with Gasteiger partial charge in [-0.3, -0.25) is 0 Å². The molecule has 0 aliphatic carbocycles. The summed E-state index contributed by atoms with van der Waals surface area (Å²) in [5.41, 5.74) is -1.28. The third-order valence-electron chi connectivity index (χ3n) is 3.96. The van der Waals surface area contributed by atoms with Gasteiger partial charge in [0.1, 0.15) is 0 Å². The minimum Gasteiger partial charge on any atom is -0.334 e. The van der Waals surface area contributed by atoms with Crippen LogP contribution in [-0.4, -0.2) is 27.7 Å². The molecular weight excluding hydrogens is 384 g/mol. The van der Waals surface area contributed by atoms with E-state index in [4.69, 9.17) is 4.74 Å². The summed E-state index contributed by atoms with van der Waals surface area (Å²) in [6, 6.07) is 12.4. The highest BCUT2D eigenvalue weighted by Crippen LogP contribution is 2.24. The SMILES string of the molecule is C=CC(OC(C=C)S(=O)(=O)c1ccc(C)cc1)S(=O)(=O)c1ccc(C)cc1. The number of benzene rings is 2. The van der Waals surface area contributed by atoms with Crippen LogP contribution in [0.2, 0.25) is 0 Å². The van der Waals surface area contributed by atoms with Gasteiger partial charge >= 0.3 is 0 Å². The average Bonchev–Trinajstić information content (AvgIpc) is 2.63. The van der Waals surface area contributed by atoms with Crippen LogP contribution in [0.15, 0.2) is 83.6 Å². The van der Waals surface area contributed by atoms with E-state index in [1.165, 1.54) is 24.3 Å². The van der Waals surface area contributed by atoms with Crippen LogP contribution in [0.1, 0.15) is 11.1 Å². The van der Waals surface area contributed by atoms with E-state index in [1.807, 2.05) is 13.8 Å². The van der Waals surface area contributed by atoms with Crippen molar-refractivity contribution in [2.45, 2.75) is 34.5 Å². The molecule has 2 aromatic carbocycles. The molecule has 0 saturated carbocycles. The molecule has 2 rings (SSSR count). The molecule has 0 aromatic heterocycles. The molecule has 0 saturated heterocycles. The monoisotopic (exact) mass is 406 g/mol. The first-order valence-corrected chi connectivity index (χ1v) is 11.2. The van der Waals surface area contributed by atoms with E-state index in [-0.39, 0.29) is 9.79 Å². The molecule has 0 fully saturated rings. The molecule has 0 amide bonds. The summed E-state index contributed by atoms with van der Waals surface area (Å²) in [5.74, 6) is 0. The summed E-state index contributed by atoms with van der Waals surface area (Å²) in [6.45, 7) is 10.6. The Kier molecular flexibility index (Phi) is 6.41. The van der Waals surface area contributed by atoms with Gasteiger partial charge in [0, 0.05) is 0 Å². The molecular formula is C20H22O5S2. The molecule has 0 bridgehead atoms. The standard InChI is InChI=1S/C20H22O5S2/c1-5-19(26(21,22)17-11-7-15(3)8-12-17)25-20(6-2)27(23,24)18-13-9-16(4)10-14-18/h5-14,19-20H,1-2H2,3-4H3. The second-order valence-corrected chi connectivity index (χ2v) is 10.1. The maximum atomic E-state index is 12.8. The Morgan fingerprint density at radius 1 is 0.704 bits per heavy atom. The van der Waals surface area contributed by atoms with Gasteiger partial charge in [0.15, 0.2) is 10.9 Å². The van der Waals surface area contributed by atoms with Gasteiger partial charge in [-0.25, -0.2) is 16.8 Å². The van der Waals surface area contributed by atoms with E-state index >= 15 is 0 Å². The molecule has 2 unspecified atom stereocenters. The normalized spacial score (nSPS) is 14.3. The first-order valence-electron chi connectivity index (χ1n) is 8.14. The van der Waals surface area contributed by atoms with Crippen molar-refractivity contribution in [3.05, 3.63) is 85.0 Å². The Morgan fingerprint density at radius 3 is 1.26 bits per heavy atom. The summed E-state index contributed by atoms with van der Waals surface area (Å²) in [7, 11) is -7.95. The molecule has 27 heavy (non-hydrogen) atoms. The summed E-state index contributed by atoms with van der Waals surface area (Å²) in [4.78, 5) is 0.0436. The molecule has 7 heteroatoms. The van der Waals surface area contributed by atoms with E-state index in [0.717, 1.165) is 23.3 Å². The first-order chi connectivity index (χ1) is 12.6. The zero-order chi connectivity index (χ0) is 20.2. The predicted molar refractivity (Wildman–Crippen MR) is 106 cm³/mol. The lowest BCUT2D eigenvalue weighted by molar-refractivity contribution is 0.132. The van der Waals surface area contributed by atoms with Crippen LogP contribution in [0.3, 0.4) is 0 Å². The molecule has 0 aliphatic heterocycles. The van der Waals surface area contributed by atoms with E-state index in [2.05, 4.69) is 13.2 Å². The van der Waals surface area contributed by atoms with Crippen LogP contribution < -0.4 is 0 Å². The van der Waals surface area contributed by atoms with Gasteiger partial charge < -0.3 is 4.74 Å². The maximum absolute atomic E-state index is 12.8. The fourth-order valence-electron chi connectivity index (χ4n) is 2.37. The first kappa shape index (κ1) is 21.1. The van der Waals surface area contributed by atoms with Crippen molar-refractivity contribution in [1.29, 1.82) is 0 Å². The highest BCUT2D eigenvalue weighted by Gasteiger charge is 2.33. The van der Waals surface area contributed by atoms with Crippen LogP contribution in [0.4, 0.5) is 0 Å². The second kappa shape index (κ2) is 8.21. The zero-order valence-electron chi connectivity index (χ0n) is 15.2. The number of rotatable bonds is 8. The van der Waals surface area contributed by atoms with Crippen LogP contribution >= 0.6 is 0 Å². The fraction of sp³-hybridized carbons (Fsp3) is 0.200. The Morgan fingerprint density at radius 2 is 1.00 bits per heavy atom. The molecule has 0 radical (unpaired) electrons. The van der Waals surface area contributed by atoms with Gasteiger partial charge in [-0.1, -0.05) is 48.6 Å². The van der Waals surface area contributed by atoms with Crippen LogP contribution in [0.25, 0.3) is 0 Å². The Hall–Kier alpha value is -2.22. The number of aryl methyl sites for hydroxylation is 2. The molecule has 5 nitrogen and oxygen atoms in total. The van der Waals surface area contributed by atoms with Crippen molar-refractivity contribution in [3.8, 4) is 0 Å².